The van der Waals surface area contributed by atoms with E-state index in [1.54, 1.807) is 16.9 Å². The number of likely N-dealkylation sites (tertiary alicyclic amines) is 1. The molecule has 1 amide bonds. The normalized spacial score (nSPS) is 14.6. The molecule has 0 bridgehead atoms. The Morgan fingerprint density at radius 3 is 2.59 bits per heavy atom. The van der Waals surface area contributed by atoms with Crippen LogP contribution in [0.5, 0.6) is 0 Å². The third-order valence-corrected chi connectivity index (χ3v) is 4.09. The maximum Gasteiger partial charge on any atom is 0.259 e. The Kier molecular flexibility index (Phi) is 3.11. The van der Waals surface area contributed by atoms with Gasteiger partial charge in [0.1, 0.15) is 5.56 Å². The minimum atomic E-state index is 0.0326. The molecule has 1 aromatic carbocycles. The van der Waals surface area contributed by atoms with Crippen LogP contribution in [0.3, 0.4) is 0 Å². The van der Waals surface area contributed by atoms with Crippen LogP contribution in [0.2, 0.25) is 0 Å². The Labute approximate surface area is 128 Å². The first-order chi connectivity index (χ1) is 10.8. The highest BCUT2D eigenvalue weighted by Crippen LogP contribution is 2.22. The van der Waals surface area contributed by atoms with Crippen LogP contribution in [-0.2, 0) is 0 Å². The van der Waals surface area contributed by atoms with Crippen LogP contribution in [0.4, 0.5) is 0 Å². The smallest absolute Gasteiger partial charge is 0.259 e. The molecule has 0 spiro atoms. The van der Waals surface area contributed by atoms with Crippen LogP contribution in [0, 0.1) is 0 Å². The molecule has 1 aliphatic heterocycles. The number of aromatic nitrogens is 3. The summed E-state index contributed by atoms with van der Waals surface area (Å²) in [6, 6.07) is 11.9. The van der Waals surface area contributed by atoms with Crippen molar-refractivity contribution in [3.63, 3.8) is 0 Å². The van der Waals surface area contributed by atoms with Gasteiger partial charge < -0.3 is 4.90 Å². The molecule has 1 fully saturated rings. The summed E-state index contributed by atoms with van der Waals surface area (Å²) < 4.78 is 1.75. The highest BCUT2D eigenvalue weighted by atomic mass is 16.2. The summed E-state index contributed by atoms with van der Waals surface area (Å²) in [6.45, 7) is 1.66. The maximum atomic E-state index is 12.6. The van der Waals surface area contributed by atoms with Gasteiger partial charge in [0, 0.05) is 24.8 Å². The number of amides is 1. The van der Waals surface area contributed by atoms with E-state index >= 15 is 0 Å². The molecule has 22 heavy (non-hydrogen) atoms. The molecule has 0 radical (unpaired) electrons. The predicted octanol–water partition coefficient (Wildman–Crippen LogP) is 2.63. The highest BCUT2D eigenvalue weighted by molar-refractivity contribution is 6.00. The van der Waals surface area contributed by atoms with Crippen molar-refractivity contribution in [3.8, 4) is 11.3 Å². The van der Waals surface area contributed by atoms with Crippen LogP contribution in [0.1, 0.15) is 23.2 Å². The molecule has 110 valence electrons. The third-order valence-electron chi connectivity index (χ3n) is 4.09. The number of nitrogens with zero attached hydrogens (tertiary/aromatic N) is 4. The van der Waals surface area contributed by atoms with Crippen LogP contribution >= 0.6 is 0 Å². The second-order valence-corrected chi connectivity index (χ2v) is 5.49. The summed E-state index contributed by atoms with van der Waals surface area (Å²) in [5, 5.41) is 4.39. The van der Waals surface area contributed by atoms with Gasteiger partial charge in [-0.05, 0) is 18.9 Å². The molecule has 3 aromatic rings. The van der Waals surface area contributed by atoms with E-state index in [9.17, 15) is 4.79 Å². The van der Waals surface area contributed by atoms with Gasteiger partial charge in [-0.1, -0.05) is 30.3 Å². The van der Waals surface area contributed by atoms with E-state index in [4.69, 9.17) is 0 Å². The molecule has 1 aliphatic rings. The lowest BCUT2D eigenvalue weighted by molar-refractivity contribution is 0.0794. The lowest BCUT2D eigenvalue weighted by Crippen LogP contribution is -2.27. The fraction of sp³-hybridized carbons (Fsp3) is 0.235. The lowest BCUT2D eigenvalue weighted by Gasteiger charge is -2.13. The molecule has 3 heterocycles. The molecule has 4 rings (SSSR count). The molecule has 1 saturated heterocycles. The fourth-order valence-corrected chi connectivity index (χ4v) is 2.96. The van der Waals surface area contributed by atoms with Gasteiger partial charge in [-0.2, -0.15) is 5.10 Å². The Bertz CT molecular complexity index is 819. The Morgan fingerprint density at radius 2 is 1.82 bits per heavy atom. The molecule has 5 nitrogen and oxygen atoms in total. The van der Waals surface area contributed by atoms with E-state index in [1.807, 2.05) is 41.3 Å². The number of hydrogen-bond donors (Lipinski definition) is 0. The number of rotatable bonds is 2. The number of hydrogen-bond acceptors (Lipinski definition) is 3. The van der Waals surface area contributed by atoms with E-state index < -0.39 is 0 Å². The minimum Gasteiger partial charge on any atom is -0.338 e. The molecule has 0 saturated carbocycles. The zero-order valence-corrected chi connectivity index (χ0v) is 12.1. The van der Waals surface area contributed by atoms with Gasteiger partial charge >= 0.3 is 0 Å². The van der Waals surface area contributed by atoms with Crippen LogP contribution in [0.15, 0.2) is 48.8 Å². The topological polar surface area (TPSA) is 50.5 Å². The zero-order chi connectivity index (χ0) is 14.9. The molecule has 0 aliphatic carbocycles. The average Bonchev–Trinajstić information content (AvgIpc) is 3.24. The monoisotopic (exact) mass is 292 g/mol. The Balaban J connectivity index is 1.82. The summed E-state index contributed by atoms with van der Waals surface area (Å²) in [7, 11) is 0. The van der Waals surface area contributed by atoms with Gasteiger partial charge in [-0.15, -0.1) is 0 Å². The molecular formula is C17H16N4O. The van der Waals surface area contributed by atoms with Gasteiger partial charge in [0.05, 0.1) is 11.9 Å². The first-order valence-electron chi connectivity index (χ1n) is 7.52. The van der Waals surface area contributed by atoms with Crippen molar-refractivity contribution in [2.45, 2.75) is 12.8 Å². The second-order valence-electron chi connectivity index (χ2n) is 5.49. The zero-order valence-electron chi connectivity index (χ0n) is 12.1. The van der Waals surface area contributed by atoms with Gasteiger partial charge in [-0.3, -0.25) is 4.79 Å². The Morgan fingerprint density at radius 1 is 1.05 bits per heavy atom. The summed E-state index contributed by atoms with van der Waals surface area (Å²) in [6.07, 6.45) is 5.52. The summed E-state index contributed by atoms with van der Waals surface area (Å²) in [5.74, 6) is 0.0326. The molecule has 0 unspecified atom stereocenters. The van der Waals surface area contributed by atoms with Crippen molar-refractivity contribution >= 4 is 11.6 Å². The van der Waals surface area contributed by atoms with Crippen LogP contribution in [-0.4, -0.2) is 38.5 Å². The third kappa shape index (κ3) is 2.06. The average molecular weight is 292 g/mol. The van der Waals surface area contributed by atoms with E-state index in [2.05, 4.69) is 10.1 Å². The SMILES string of the molecule is O=C(c1cnn2c(-c3ccccc3)ccnc12)N1CCCC1. The second kappa shape index (κ2) is 5.26. The summed E-state index contributed by atoms with van der Waals surface area (Å²) in [4.78, 5) is 18.9. The van der Waals surface area contributed by atoms with Gasteiger partial charge in [0.15, 0.2) is 5.65 Å². The first-order valence-corrected chi connectivity index (χ1v) is 7.52. The Hall–Kier alpha value is -2.69. The number of carbonyl (C=O) groups is 1. The lowest BCUT2D eigenvalue weighted by atomic mass is 10.1. The minimum absolute atomic E-state index is 0.0326. The van der Waals surface area contributed by atoms with Crippen molar-refractivity contribution in [1.82, 2.24) is 19.5 Å². The van der Waals surface area contributed by atoms with Gasteiger partial charge in [-0.25, -0.2) is 9.50 Å². The van der Waals surface area contributed by atoms with Crippen LogP contribution in [0.25, 0.3) is 16.9 Å². The molecular weight excluding hydrogens is 276 g/mol. The van der Waals surface area contributed by atoms with Crippen molar-refractivity contribution in [3.05, 3.63) is 54.4 Å². The fourth-order valence-electron chi connectivity index (χ4n) is 2.96. The number of carbonyl (C=O) groups excluding carboxylic acids is 1. The predicted molar refractivity (Wildman–Crippen MR) is 83.6 cm³/mol. The number of fused-ring (bicyclic) bond motifs is 1. The first kappa shape index (κ1) is 13.0. The number of benzene rings is 1. The van der Waals surface area contributed by atoms with E-state index in [-0.39, 0.29) is 5.91 Å². The van der Waals surface area contributed by atoms with E-state index in [1.165, 1.54) is 0 Å². The van der Waals surface area contributed by atoms with Crippen molar-refractivity contribution in [2.75, 3.05) is 13.1 Å². The van der Waals surface area contributed by atoms with Crippen molar-refractivity contribution in [2.24, 2.45) is 0 Å². The van der Waals surface area contributed by atoms with E-state index in [0.717, 1.165) is 37.2 Å². The molecule has 0 atom stereocenters. The quantitative estimate of drug-likeness (QED) is 0.729. The summed E-state index contributed by atoms with van der Waals surface area (Å²) >= 11 is 0. The van der Waals surface area contributed by atoms with Crippen molar-refractivity contribution < 1.29 is 4.79 Å². The van der Waals surface area contributed by atoms with E-state index in [0.29, 0.717) is 11.2 Å². The molecule has 0 N–H and O–H groups in total. The molecule has 5 heteroatoms. The van der Waals surface area contributed by atoms with Crippen molar-refractivity contribution in [1.29, 1.82) is 0 Å². The maximum absolute atomic E-state index is 12.6. The van der Waals surface area contributed by atoms with Gasteiger partial charge in [0.25, 0.3) is 5.91 Å². The van der Waals surface area contributed by atoms with Crippen LogP contribution < -0.4 is 0 Å². The standard InChI is InChI=1S/C17H16N4O/c22-17(20-10-4-5-11-20)14-12-19-21-15(8-9-18-16(14)21)13-6-2-1-3-7-13/h1-3,6-9,12H,4-5,10-11H2. The molecule has 2 aromatic heterocycles. The van der Waals surface area contributed by atoms with Gasteiger partial charge in [0.2, 0.25) is 0 Å². The largest absolute Gasteiger partial charge is 0.338 e. The highest BCUT2D eigenvalue weighted by Gasteiger charge is 2.23. The summed E-state index contributed by atoms with van der Waals surface area (Å²) in [5.41, 5.74) is 3.20.